The summed E-state index contributed by atoms with van der Waals surface area (Å²) in [4.78, 5) is 40.6. The Morgan fingerprint density at radius 2 is 1.38 bits per heavy atom. The van der Waals surface area contributed by atoms with E-state index in [4.69, 9.17) is 0 Å². The van der Waals surface area contributed by atoms with Crippen molar-refractivity contribution in [3.63, 3.8) is 0 Å². The number of rotatable bonds is 3. The van der Waals surface area contributed by atoms with Gasteiger partial charge in [0.2, 0.25) is 5.91 Å². The summed E-state index contributed by atoms with van der Waals surface area (Å²) in [5.74, 6) is -0.334. The molecule has 0 aromatic heterocycles. The standard InChI is InChI=1S/C23H27N3O3/c1-15-12-16(2)21(17(3)13-15)24-22(28)19-6-5-7-20(14-19)23(29)26-10-8-25(9-11-26)18(4)27/h5-7,12-14H,8-11H2,1-4H3,(H,24,28). The molecule has 6 nitrogen and oxygen atoms in total. The van der Waals surface area contributed by atoms with Gasteiger partial charge in [-0.1, -0.05) is 23.8 Å². The van der Waals surface area contributed by atoms with Crippen LogP contribution < -0.4 is 5.32 Å². The first-order valence-corrected chi connectivity index (χ1v) is 9.80. The first-order chi connectivity index (χ1) is 13.8. The molecule has 1 fully saturated rings. The topological polar surface area (TPSA) is 69.7 Å². The van der Waals surface area contributed by atoms with Crippen LogP contribution in [0.15, 0.2) is 36.4 Å². The molecule has 1 saturated heterocycles. The van der Waals surface area contributed by atoms with E-state index in [2.05, 4.69) is 5.32 Å². The van der Waals surface area contributed by atoms with Crippen molar-refractivity contribution < 1.29 is 14.4 Å². The third-order valence-corrected chi connectivity index (χ3v) is 5.30. The predicted octanol–water partition coefficient (Wildman–Crippen LogP) is 3.17. The lowest BCUT2D eigenvalue weighted by atomic mass is 10.0. The summed E-state index contributed by atoms with van der Waals surface area (Å²) in [6.07, 6.45) is 0. The molecule has 1 N–H and O–H groups in total. The number of anilines is 1. The number of amides is 3. The lowest BCUT2D eigenvalue weighted by Gasteiger charge is -2.34. The molecule has 152 valence electrons. The quantitative estimate of drug-likeness (QED) is 0.871. The van der Waals surface area contributed by atoms with Gasteiger partial charge in [-0.15, -0.1) is 0 Å². The summed E-state index contributed by atoms with van der Waals surface area (Å²) in [6, 6.07) is 10.8. The van der Waals surface area contributed by atoms with Crippen LogP contribution >= 0.6 is 0 Å². The minimum absolute atomic E-state index is 0.0254. The van der Waals surface area contributed by atoms with Crippen LogP contribution in [0.4, 0.5) is 5.69 Å². The number of nitrogens with zero attached hydrogens (tertiary/aromatic N) is 2. The lowest BCUT2D eigenvalue weighted by Crippen LogP contribution is -2.50. The molecule has 0 saturated carbocycles. The van der Waals surface area contributed by atoms with E-state index < -0.39 is 0 Å². The van der Waals surface area contributed by atoms with E-state index in [1.807, 2.05) is 32.9 Å². The first-order valence-electron chi connectivity index (χ1n) is 9.80. The maximum absolute atomic E-state index is 12.8. The summed E-state index contributed by atoms with van der Waals surface area (Å²) in [5.41, 5.74) is 4.88. The molecule has 0 atom stereocenters. The van der Waals surface area contributed by atoms with Gasteiger partial charge in [0.05, 0.1) is 0 Å². The van der Waals surface area contributed by atoms with Crippen molar-refractivity contribution in [3.8, 4) is 0 Å². The van der Waals surface area contributed by atoms with E-state index in [1.165, 1.54) is 6.92 Å². The second kappa shape index (κ2) is 8.47. The molecule has 1 aliphatic heterocycles. The summed E-state index contributed by atoms with van der Waals surface area (Å²) in [6.45, 7) is 9.56. The molecule has 0 bridgehead atoms. The van der Waals surface area contributed by atoms with Crippen LogP contribution in [0.5, 0.6) is 0 Å². The molecule has 3 rings (SSSR count). The molecule has 2 aromatic carbocycles. The third-order valence-electron chi connectivity index (χ3n) is 5.30. The van der Waals surface area contributed by atoms with Gasteiger partial charge in [-0.05, 0) is 50.1 Å². The summed E-state index contributed by atoms with van der Waals surface area (Å²) < 4.78 is 0. The first kappa shape index (κ1) is 20.6. The van der Waals surface area contributed by atoms with Crippen molar-refractivity contribution in [1.29, 1.82) is 0 Å². The molecule has 1 heterocycles. The highest BCUT2D eigenvalue weighted by Crippen LogP contribution is 2.23. The number of carbonyl (C=O) groups is 3. The van der Waals surface area contributed by atoms with Crippen LogP contribution in [0, 0.1) is 20.8 Å². The molecule has 1 aliphatic rings. The van der Waals surface area contributed by atoms with E-state index >= 15 is 0 Å². The van der Waals surface area contributed by atoms with E-state index in [0.717, 1.165) is 22.4 Å². The average molecular weight is 393 g/mol. The Morgan fingerprint density at radius 1 is 0.828 bits per heavy atom. The monoisotopic (exact) mass is 393 g/mol. The second-order valence-electron chi connectivity index (χ2n) is 7.61. The van der Waals surface area contributed by atoms with Crippen molar-refractivity contribution in [2.24, 2.45) is 0 Å². The van der Waals surface area contributed by atoms with Crippen LogP contribution in [0.25, 0.3) is 0 Å². The SMILES string of the molecule is CC(=O)N1CCN(C(=O)c2cccc(C(=O)Nc3c(C)cc(C)cc3C)c2)CC1. The van der Waals surface area contributed by atoms with E-state index in [1.54, 1.807) is 34.1 Å². The summed E-state index contributed by atoms with van der Waals surface area (Å²) >= 11 is 0. The average Bonchev–Trinajstić information content (AvgIpc) is 2.70. The minimum atomic E-state index is -0.240. The molecule has 2 aromatic rings. The van der Waals surface area contributed by atoms with Gasteiger partial charge in [0.15, 0.2) is 0 Å². The molecule has 0 unspecified atom stereocenters. The van der Waals surface area contributed by atoms with Crippen LogP contribution in [-0.2, 0) is 4.79 Å². The number of aryl methyl sites for hydroxylation is 3. The minimum Gasteiger partial charge on any atom is -0.339 e. The molecule has 0 aliphatic carbocycles. The number of benzene rings is 2. The zero-order valence-electron chi connectivity index (χ0n) is 17.4. The van der Waals surface area contributed by atoms with Gasteiger partial charge >= 0.3 is 0 Å². The number of hydrogen-bond donors (Lipinski definition) is 1. The van der Waals surface area contributed by atoms with E-state index in [9.17, 15) is 14.4 Å². The summed E-state index contributed by atoms with van der Waals surface area (Å²) in [5, 5.41) is 2.98. The van der Waals surface area contributed by atoms with Crippen LogP contribution in [0.1, 0.15) is 44.3 Å². The van der Waals surface area contributed by atoms with Gasteiger partial charge in [-0.3, -0.25) is 14.4 Å². The van der Waals surface area contributed by atoms with Gasteiger partial charge in [-0.25, -0.2) is 0 Å². The predicted molar refractivity (Wildman–Crippen MR) is 113 cm³/mol. The zero-order chi connectivity index (χ0) is 21.1. The fourth-order valence-corrected chi connectivity index (χ4v) is 3.76. The smallest absolute Gasteiger partial charge is 0.255 e. The van der Waals surface area contributed by atoms with Gasteiger partial charge in [0.25, 0.3) is 11.8 Å². The zero-order valence-corrected chi connectivity index (χ0v) is 17.4. The van der Waals surface area contributed by atoms with Crippen molar-refractivity contribution >= 4 is 23.4 Å². The van der Waals surface area contributed by atoms with Gasteiger partial charge in [-0.2, -0.15) is 0 Å². The number of hydrogen-bond acceptors (Lipinski definition) is 3. The molecule has 29 heavy (non-hydrogen) atoms. The fourth-order valence-electron chi connectivity index (χ4n) is 3.76. The van der Waals surface area contributed by atoms with Gasteiger partial charge in [0.1, 0.15) is 0 Å². The van der Waals surface area contributed by atoms with Gasteiger partial charge in [0, 0.05) is 49.9 Å². The van der Waals surface area contributed by atoms with Crippen molar-refractivity contribution in [2.45, 2.75) is 27.7 Å². The Labute approximate surface area is 171 Å². The second-order valence-corrected chi connectivity index (χ2v) is 7.61. The Kier molecular flexibility index (Phi) is 6.01. The Bertz CT molecular complexity index is 937. The lowest BCUT2D eigenvalue weighted by molar-refractivity contribution is -0.130. The van der Waals surface area contributed by atoms with Crippen LogP contribution in [-0.4, -0.2) is 53.7 Å². The van der Waals surface area contributed by atoms with E-state index in [0.29, 0.717) is 37.3 Å². The normalized spacial score (nSPS) is 13.9. The number of carbonyl (C=O) groups excluding carboxylic acids is 3. The highest BCUT2D eigenvalue weighted by molar-refractivity contribution is 6.06. The molecule has 6 heteroatoms. The summed E-state index contributed by atoms with van der Waals surface area (Å²) in [7, 11) is 0. The van der Waals surface area contributed by atoms with Crippen LogP contribution in [0.2, 0.25) is 0 Å². The maximum Gasteiger partial charge on any atom is 0.255 e. The van der Waals surface area contributed by atoms with Gasteiger partial charge < -0.3 is 15.1 Å². The molecule has 0 spiro atoms. The maximum atomic E-state index is 12.8. The Hall–Kier alpha value is -3.15. The molecular formula is C23H27N3O3. The molecule has 3 amide bonds. The largest absolute Gasteiger partial charge is 0.339 e. The molecular weight excluding hydrogens is 366 g/mol. The number of nitrogens with one attached hydrogen (secondary N) is 1. The third kappa shape index (κ3) is 4.65. The fraction of sp³-hybridized carbons (Fsp3) is 0.348. The Balaban J connectivity index is 1.73. The number of piperazine rings is 1. The van der Waals surface area contributed by atoms with E-state index in [-0.39, 0.29) is 17.7 Å². The van der Waals surface area contributed by atoms with Crippen molar-refractivity contribution in [1.82, 2.24) is 9.80 Å². The Morgan fingerprint density at radius 3 is 1.97 bits per heavy atom. The van der Waals surface area contributed by atoms with Crippen LogP contribution in [0.3, 0.4) is 0 Å². The van der Waals surface area contributed by atoms with Crippen molar-refractivity contribution in [2.75, 3.05) is 31.5 Å². The highest BCUT2D eigenvalue weighted by atomic mass is 16.2. The highest BCUT2D eigenvalue weighted by Gasteiger charge is 2.23. The molecule has 0 radical (unpaired) electrons. The van der Waals surface area contributed by atoms with Crippen molar-refractivity contribution in [3.05, 3.63) is 64.2 Å².